The number of benzene rings is 1. The van der Waals surface area contributed by atoms with E-state index in [1.54, 1.807) is 12.3 Å². The first-order valence-corrected chi connectivity index (χ1v) is 5.86. The van der Waals surface area contributed by atoms with Crippen molar-refractivity contribution in [2.75, 3.05) is 5.73 Å². The molecular formula is C15H18N2O. The zero-order chi connectivity index (χ0) is 13.5. The van der Waals surface area contributed by atoms with Crippen LogP contribution in [0.4, 0.5) is 5.69 Å². The molecule has 0 atom stereocenters. The third-order valence-electron chi connectivity index (χ3n) is 2.77. The van der Waals surface area contributed by atoms with Gasteiger partial charge in [-0.05, 0) is 42.2 Å². The van der Waals surface area contributed by atoms with Gasteiger partial charge >= 0.3 is 0 Å². The van der Waals surface area contributed by atoms with E-state index in [0.29, 0.717) is 11.3 Å². The van der Waals surface area contributed by atoms with E-state index in [1.165, 1.54) is 6.20 Å². The molecule has 0 radical (unpaired) electrons. The maximum Gasteiger partial charge on any atom is 0.152 e. The van der Waals surface area contributed by atoms with E-state index in [1.807, 2.05) is 26.0 Å². The van der Waals surface area contributed by atoms with Crippen molar-refractivity contribution in [2.24, 2.45) is 4.99 Å². The second-order valence-corrected chi connectivity index (χ2v) is 3.81. The number of allylic oxidation sites excluding steroid dienone is 2. The number of nitrogen functional groups attached to an aromatic ring is 1. The Balaban J connectivity index is 3.36. The molecule has 0 bridgehead atoms. The van der Waals surface area contributed by atoms with Crippen molar-refractivity contribution >= 4 is 23.8 Å². The van der Waals surface area contributed by atoms with E-state index >= 15 is 0 Å². The molecule has 18 heavy (non-hydrogen) atoms. The fraction of sp³-hybridized carbons (Fsp3) is 0.200. The first kappa shape index (κ1) is 13.9. The molecule has 0 aromatic heterocycles. The molecule has 0 aliphatic rings. The van der Waals surface area contributed by atoms with Crippen LogP contribution in [0.15, 0.2) is 36.0 Å². The maximum absolute atomic E-state index is 11.0. The fourth-order valence-electron chi connectivity index (χ4n) is 1.74. The van der Waals surface area contributed by atoms with Crippen LogP contribution < -0.4 is 5.73 Å². The van der Waals surface area contributed by atoms with Crippen LogP contribution in [0.1, 0.15) is 35.3 Å². The van der Waals surface area contributed by atoms with Gasteiger partial charge in [0.15, 0.2) is 6.29 Å². The van der Waals surface area contributed by atoms with Crippen LogP contribution in [0.3, 0.4) is 0 Å². The average molecular weight is 242 g/mol. The van der Waals surface area contributed by atoms with Crippen molar-refractivity contribution in [3.8, 4) is 0 Å². The summed E-state index contributed by atoms with van der Waals surface area (Å²) in [5.74, 6) is 0. The third kappa shape index (κ3) is 2.94. The van der Waals surface area contributed by atoms with Gasteiger partial charge in [-0.1, -0.05) is 19.6 Å². The largest absolute Gasteiger partial charge is 0.398 e. The number of anilines is 1. The van der Waals surface area contributed by atoms with Crippen LogP contribution in [0.25, 0.3) is 5.57 Å². The van der Waals surface area contributed by atoms with E-state index in [0.717, 1.165) is 29.4 Å². The summed E-state index contributed by atoms with van der Waals surface area (Å²) < 4.78 is 0. The molecule has 2 N–H and O–H groups in total. The van der Waals surface area contributed by atoms with Crippen molar-refractivity contribution in [2.45, 2.75) is 20.3 Å². The zero-order valence-electron chi connectivity index (χ0n) is 10.8. The van der Waals surface area contributed by atoms with Crippen molar-refractivity contribution < 1.29 is 4.79 Å². The minimum absolute atomic E-state index is 0.524. The molecule has 94 valence electrons. The van der Waals surface area contributed by atoms with Gasteiger partial charge in [-0.3, -0.25) is 9.79 Å². The van der Waals surface area contributed by atoms with E-state index in [4.69, 9.17) is 5.73 Å². The third-order valence-corrected chi connectivity index (χ3v) is 2.77. The van der Waals surface area contributed by atoms with Gasteiger partial charge in [-0.15, -0.1) is 0 Å². The highest BCUT2D eigenvalue weighted by atomic mass is 16.1. The predicted molar refractivity (Wildman–Crippen MR) is 78.0 cm³/mol. The monoisotopic (exact) mass is 242 g/mol. The van der Waals surface area contributed by atoms with Crippen LogP contribution in [0.5, 0.6) is 0 Å². The molecule has 0 amide bonds. The topological polar surface area (TPSA) is 55.5 Å². The standard InChI is InChI=1S/C15H18N2O/c1-4-11-7-13(8-14(10-18)15(11)16)12(5-2)9-17-6-3/h5-10H,3-4,16H2,1-2H3/b12-5+,17-9?. The quantitative estimate of drug-likeness (QED) is 0.489. The lowest BCUT2D eigenvalue weighted by Crippen LogP contribution is -2.01. The predicted octanol–water partition coefficient (Wildman–Crippen LogP) is 3.26. The van der Waals surface area contributed by atoms with Gasteiger partial charge < -0.3 is 5.73 Å². The Morgan fingerprint density at radius 2 is 2.22 bits per heavy atom. The van der Waals surface area contributed by atoms with Crippen LogP contribution in [-0.4, -0.2) is 12.5 Å². The number of aliphatic imine (C=N–C) groups is 1. The summed E-state index contributed by atoms with van der Waals surface area (Å²) in [5.41, 5.74) is 9.85. The van der Waals surface area contributed by atoms with Crippen LogP contribution in [-0.2, 0) is 6.42 Å². The number of carbonyl (C=O) groups excluding carboxylic acids is 1. The normalized spacial score (nSPS) is 11.8. The molecule has 3 nitrogen and oxygen atoms in total. The first-order chi connectivity index (χ1) is 8.67. The molecule has 1 aromatic carbocycles. The van der Waals surface area contributed by atoms with Crippen LogP contribution in [0.2, 0.25) is 0 Å². The van der Waals surface area contributed by atoms with Crippen molar-refractivity contribution in [1.82, 2.24) is 0 Å². The van der Waals surface area contributed by atoms with Gasteiger partial charge in [0.05, 0.1) is 0 Å². The molecule has 0 aliphatic carbocycles. The number of nitrogens with zero attached hydrogens (tertiary/aromatic N) is 1. The van der Waals surface area contributed by atoms with E-state index in [2.05, 4.69) is 11.6 Å². The fourth-order valence-corrected chi connectivity index (χ4v) is 1.74. The molecule has 0 saturated heterocycles. The number of nitrogens with two attached hydrogens (primary N) is 1. The van der Waals surface area contributed by atoms with E-state index < -0.39 is 0 Å². The zero-order valence-corrected chi connectivity index (χ0v) is 10.8. The van der Waals surface area contributed by atoms with Gasteiger partial charge in [0.2, 0.25) is 0 Å². The number of hydrogen-bond acceptors (Lipinski definition) is 3. The van der Waals surface area contributed by atoms with Crippen LogP contribution >= 0.6 is 0 Å². The molecule has 0 spiro atoms. The molecule has 0 saturated carbocycles. The number of hydrogen-bond donors (Lipinski definition) is 1. The summed E-state index contributed by atoms with van der Waals surface area (Å²) in [6.45, 7) is 7.48. The van der Waals surface area contributed by atoms with Crippen LogP contribution in [0, 0.1) is 0 Å². The molecule has 1 aromatic rings. The highest BCUT2D eigenvalue weighted by Gasteiger charge is 2.08. The first-order valence-electron chi connectivity index (χ1n) is 5.86. The summed E-state index contributed by atoms with van der Waals surface area (Å²) >= 11 is 0. The van der Waals surface area contributed by atoms with Crippen molar-refractivity contribution in [3.05, 3.63) is 47.7 Å². The molecular weight excluding hydrogens is 224 g/mol. The van der Waals surface area contributed by atoms with Gasteiger partial charge in [-0.2, -0.15) is 0 Å². The van der Waals surface area contributed by atoms with Gasteiger partial charge in [-0.25, -0.2) is 0 Å². The van der Waals surface area contributed by atoms with Crippen molar-refractivity contribution in [1.29, 1.82) is 0 Å². The molecule has 0 aliphatic heterocycles. The summed E-state index contributed by atoms with van der Waals surface area (Å²) in [6, 6.07) is 3.78. The molecule has 0 fully saturated rings. The van der Waals surface area contributed by atoms with Gasteiger partial charge in [0.25, 0.3) is 0 Å². The van der Waals surface area contributed by atoms with E-state index in [9.17, 15) is 4.79 Å². The molecule has 3 heteroatoms. The Morgan fingerprint density at radius 1 is 1.50 bits per heavy atom. The lowest BCUT2D eigenvalue weighted by Gasteiger charge is -2.10. The number of carbonyl (C=O) groups is 1. The van der Waals surface area contributed by atoms with Gasteiger partial charge in [0, 0.05) is 23.7 Å². The minimum Gasteiger partial charge on any atom is -0.398 e. The Bertz CT molecular complexity index is 513. The summed E-state index contributed by atoms with van der Waals surface area (Å²) in [4.78, 5) is 15.0. The second kappa shape index (κ2) is 6.55. The SMILES string of the molecule is C=CN=C/C(=C\C)c1cc(C=O)c(N)c(CC)c1. The smallest absolute Gasteiger partial charge is 0.152 e. The van der Waals surface area contributed by atoms with Crippen molar-refractivity contribution in [3.63, 3.8) is 0 Å². The molecule has 0 unspecified atom stereocenters. The Labute approximate surface area is 108 Å². The van der Waals surface area contributed by atoms with Gasteiger partial charge in [0.1, 0.15) is 0 Å². The lowest BCUT2D eigenvalue weighted by molar-refractivity contribution is 0.112. The van der Waals surface area contributed by atoms with E-state index in [-0.39, 0.29) is 0 Å². The summed E-state index contributed by atoms with van der Waals surface area (Å²) in [5, 5.41) is 0. The lowest BCUT2D eigenvalue weighted by atomic mass is 9.97. The number of aryl methyl sites for hydroxylation is 1. The average Bonchev–Trinajstić information content (AvgIpc) is 2.40. The second-order valence-electron chi connectivity index (χ2n) is 3.81. The summed E-state index contributed by atoms with van der Waals surface area (Å²) in [7, 11) is 0. The number of rotatable bonds is 5. The number of aldehydes is 1. The molecule has 0 heterocycles. The Morgan fingerprint density at radius 3 is 2.72 bits per heavy atom. The highest BCUT2D eigenvalue weighted by Crippen LogP contribution is 2.23. The highest BCUT2D eigenvalue weighted by molar-refractivity contribution is 6.10. The summed E-state index contributed by atoms with van der Waals surface area (Å²) in [6.07, 6.45) is 6.70. The minimum atomic E-state index is 0.524. The maximum atomic E-state index is 11.0. The Kier molecular flexibility index (Phi) is 5.06. The molecule has 1 rings (SSSR count). The Hall–Kier alpha value is -2.16.